The SMILES string of the molecule is CCNC(=NCc1nc(C)c(C)o1)N1CCN(c2ccc(OC)cc2)CC1. The maximum Gasteiger partial charge on any atom is 0.216 e. The first kappa shape index (κ1) is 19.1. The zero-order valence-electron chi connectivity index (χ0n) is 16.7. The van der Waals surface area contributed by atoms with Gasteiger partial charge in [-0.3, -0.25) is 0 Å². The lowest BCUT2D eigenvalue weighted by atomic mass is 10.2. The summed E-state index contributed by atoms with van der Waals surface area (Å²) in [6.07, 6.45) is 0. The van der Waals surface area contributed by atoms with Crippen LogP contribution >= 0.6 is 0 Å². The maximum absolute atomic E-state index is 5.64. The summed E-state index contributed by atoms with van der Waals surface area (Å²) in [5.41, 5.74) is 2.15. The van der Waals surface area contributed by atoms with Gasteiger partial charge in [-0.25, -0.2) is 9.98 Å². The zero-order valence-corrected chi connectivity index (χ0v) is 16.7. The van der Waals surface area contributed by atoms with E-state index in [-0.39, 0.29) is 0 Å². The molecule has 2 aromatic rings. The summed E-state index contributed by atoms with van der Waals surface area (Å²) < 4.78 is 10.9. The number of rotatable bonds is 5. The molecule has 7 nitrogen and oxygen atoms in total. The largest absolute Gasteiger partial charge is 0.497 e. The minimum Gasteiger partial charge on any atom is -0.497 e. The Morgan fingerprint density at radius 2 is 1.89 bits per heavy atom. The second-order valence-electron chi connectivity index (χ2n) is 6.59. The molecule has 0 spiro atoms. The monoisotopic (exact) mass is 371 g/mol. The first-order valence-electron chi connectivity index (χ1n) is 9.46. The summed E-state index contributed by atoms with van der Waals surface area (Å²) in [7, 11) is 1.69. The second-order valence-corrected chi connectivity index (χ2v) is 6.59. The molecule has 0 amide bonds. The number of guanidine groups is 1. The van der Waals surface area contributed by atoms with Crippen LogP contribution in [0, 0.1) is 13.8 Å². The number of hydrogen-bond donors (Lipinski definition) is 1. The third-order valence-electron chi connectivity index (χ3n) is 4.79. The summed E-state index contributed by atoms with van der Waals surface area (Å²) in [4.78, 5) is 13.8. The molecule has 146 valence electrons. The Morgan fingerprint density at radius 1 is 1.19 bits per heavy atom. The van der Waals surface area contributed by atoms with Crippen LogP contribution in [-0.4, -0.2) is 55.7 Å². The van der Waals surface area contributed by atoms with Crippen molar-refractivity contribution in [1.29, 1.82) is 0 Å². The number of ether oxygens (including phenoxy) is 1. The van der Waals surface area contributed by atoms with E-state index in [1.807, 2.05) is 26.0 Å². The molecular formula is C20H29N5O2. The lowest BCUT2D eigenvalue weighted by Crippen LogP contribution is -2.52. The zero-order chi connectivity index (χ0) is 19.2. The summed E-state index contributed by atoms with van der Waals surface area (Å²) in [5.74, 6) is 3.33. The highest BCUT2D eigenvalue weighted by atomic mass is 16.5. The number of oxazole rings is 1. The Morgan fingerprint density at radius 3 is 2.44 bits per heavy atom. The fourth-order valence-corrected chi connectivity index (χ4v) is 3.14. The Kier molecular flexibility index (Phi) is 6.21. The van der Waals surface area contributed by atoms with Gasteiger partial charge < -0.3 is 24.3 Å². The number of nitrogens with zero attached hydrogens (tertiary/aromatic N) is 4. The average molecular weight is 371 g/mol. The number of benzene rings is 1. The number of piperazine rings is 1. The number of aliphatic imine (C=N–C) groups is 1. The van der Waals surface area contributed by atoms with Gasteiger partial charge in [-0.15, -0.1) is 0 Å². The van der Waals surface area contributed by atoms with Crippen molar-refractivity contribution in [1.82, 2.24) is 15.2 Å². The number of nitrogens with one attached hydrogen (secondary N) is 1. The number of aryl methyl sites for hydroxylation is 2. The van der Waals surface area contributed by atoms with Crippen molar-refractivity contribution in [3.63, 3.8) is 0 Å². The van der Waals surface area contributed by atoms with Crippen molar-refractivity contribution in [2.24, 2.45) is 4.99 Å². The summed E-state index contributed by atoms with van der Waals surface area (Å²) in [6.45, 7) is 11.0. The van der Waals surface area contributed by atoms with E-state index in [4.69, 9.17) is 14.1 Å². The molecule has 1 N–H and O–H groups in total. The van der Waals surface area contributed by atoms with Crippen molar-refractivity contribution >= 4 is 11.6 Å². The normalized spacial score (nSPS) is 15.2. The van der Waals surface area contributed by atoms with Crippen LogP contribution in [0.15, 0.2) is 33.7 Å². The molecule has 0 radical (unpaired) electrons. The van der Waals surface area contributed by atoms with E-state index in [1.54, 1.807) is 7.11 Å². The molecule has 7 heteroatoms. The van der Waals surface area contributed by atoms with Crippen LogP contribution in [0.25, 0.3) is 0 Å². The molecule has 1 aliphatic rings. The van der Waals surface area contributed by atoms with Crippen molar-refractivity contribution < 1.29 is 9.15 Å². The van der Waals surface area contributed by atoms with Gasteiger partial charge in [-0.2, -0.15) is 0 Å². The highest BCUT2D eigenvalue weighted by Gasteiger charge is 2.20. The predicted molar refractivity (Wildman–Crippen MR) is 108 cm³/mol. The molecule has 1 fully saturated rings. The van der Waals surface area contributed by atoms with Crippen molar-refractivity contribution in [2.75, 3.05) is 44.7 Å². The quantitative estimate of drug-likeness (QED) is 0.644. The second kappa shape index (κ2) is 8.79. The molecule has 0 aliphatic carbocycles. The van der Waals surface area contributed by atoms with Crippen LogP contribution in [0.1, 0.15) is 24.3 Å². The summed E-state index contributed by atoms with van der Waals surface area (Å²) in [5, 5.41) is 3.39. The van der Waals surface area contributed by atoms with Crippen LogP contribution in [0.2, 0.25) is 0 Å². The van der Waals surface area contributed by atoms with Gasteiger partial charge in [-0.1, -0.05) is 0 Å². The van der Waals surface area contributed by atoms with Gasteiger partial charge in [0.1, 0.15) is 18.1 Å². The lowest BCUT2D eigenvalue weighted by Gasteiger charge is -2.37. The van der Waals surface area contributed by atoms with Crippen molar-refractivity contribution in [3.05, 3.63) is 41.6 Å². The van der Waals surface area contributed by atoms with Crippen LogP contribution in [0.3, 0.4) is 0 Å². The Labute approximate surface area is 161 Å². The van der Waals surface area contributed by atoms with Crippen LogP contribution in [0.4, 0.5) is 5.69 Å². The van der Waals surface area contributed by atoms with E-state index in [2.05, 4.69) is 39.2 Å². The third kappa shape index (κ3) is 4.72. The third-order valence-corrected chi connectivity index (χ3v) is 4.79. The van der Waals surface area contributed by atoms with E-state index < -0.39 is 0 Å². The molecule has 3 rings (SSSR count). The molecule has 1 aromatic heterocycles. The predicted octanol–water partition coefficient (Wildman–Crippen LogP) is 2.59. The van der Waals surface area contributed by atoms with Gasteiger partial charge in [0.25, 0.3) is 0 Å². The molecule has 2 heterocycles. The maximum atomic E-state index is 5.64. The van der Waals surface area contributed by atoms with E-state index in [0.29, 0.717) is 12.4 Å². The Bertz CT molecular complexity index is 742. The van der Waals surface area contributed by atoms with Crippen LogP contribution in [-0.2, 0) is 6.54 Å². The number of hydrogen-bond acceptors (Lipinski definition) is 5. The fraction of sp³-hybridized carbons (Fsp3) is 0.500. The summed E-state index contributed by atoms with van der Waals surface area (Å²) in [6, 6.07) is 8.24. The van der Waals surface area contributed by atoms with Crippen LogP contribution < -0.4 is 15.0 Å². The lowest BCUT2D eigenvalue weighted by molar-refractivity contribution is 0.371. The number of anilines is 1. The molecule has 27 heavy (non-hydrogen) atoms. The standard InChI is InChI=1S/C20H29N5O2/c1-5-21-20(22-14-19-23-15(2)16(3)27-19)25-12-10-24(11-13-25)17-6-8-18(26-4)9-7-17/h6-9H,5,10-14H2,1-4H3,(H,21,22). The highest BCUT2D eigenvalue weighted by molar-refractivity contribution is 5.80. The minimum absolute atomic E-state index is 0.454. The Balaban J connectivity index is 1.61. The van der Waals surface area contributed by atoms with Gasteiger partial charge in [-0.05, 0) is 45.0 Å². The Hall–Kier alpha value is -2.70. The molecule has 0 bridgehead atoms. The molecule has 1 aromatic carbocycles. The molecule has 0 atom stereocenters. The van der Waals surface area contributed by atoms with Crippen LogP contribution in [0.5, 0.6) is 5.75 Å². The fourth-order valence-electron chi connectivity index (χ4n) is 3.14. The average Bonchev–Trinajstić information content (AvgIpc) is 3.03. The molecule has 0 saturated carbocycles. The van der Waals surface area contributed by atoms with E-state index in [9.17, 15) is 0 Å². The molecule has 0 unspecified atom stereocenters. The van der Waals surface area contributed by atoms with E-state index in [1.165, 1.54) is 5.69 Å². The number of methoxy groups -OCH3 is 1. The topological polar surface area (TPSA) is 66.1 Å². The molecule has 1 aliphatic heterocycles. The molecular weight excluding hydrogens is 342 g/mol. The first-order valence-corrected chi connectivity index (χ1v) is 9.46. The van der Waals surface area contributed by atoms with Crippen molar-refractivity contribution in [2.45, 2.75) is 27.3 Å². The smallest absolute Gasteiger partial charge is 0.216 e. The van der Waals surface area contributed by atoms with Gasteiger partial charge in [0, 0.05) is 38.4 Å². The van der Waals surface area contributed by atoms with E-state index in [0.717, 1.165) is 55.9 Å². The van der Waals surface area contributed by atoms with Gasteiger partial charge in [0.2, 0.25) is 5.89 Å². The van der Waals surface area contributed by atoms with Crippen molar-refractivity contribution in [3.8, 4) is 5.75 Å². The van der Waals surface area contributed by atoms with Gasteiger partial charge in [0.05, 0.1) is 12.8 Å². The van der Waals surface area contributed by atoms with Gasteiger partial charge >= 0.3 is 0 Å². The number of aromatic nitrogens is 1. The summed E-state index contributed by atoms with van der Waals surface area (Å²) >= 11 is 0. The molecule has 1 saturated heterocycles. The highest BCUT2D eigenvalue weighted by Crippen LogP contribution is 2.20. The van der Waals surface area contributed by atoms with Gasteiger partial charge in [0.15, 0.2) is 5.96 Å². The first-order chi connectivity index (χ1) is 13.1. The minimum atomic E-state index is 0.454. The van der Waals surface area contributed by atoms with E-state index >= 15 is 0 Å².